The molecule has 31 heavy (non-hydrogen) atoms. The Bertz CT molecular complexity index is 1240. The summed E-state index contributed by atoms with van der Waals surface area (Å²) in [7, 11) is -1.96. The third-order valence-corrected chi connectivity index (χ3v) is 7.25. The number of aliphatic hydroxyl groups excluding tert-OH is 1. The molecule has 1 saturated carbocycles. The van der Waals surface area contributed by atoms with Gasteiger partial charge in [-0.2, -0.15) is 0 Å². The van der Waals surface area contributed by atoms with Crippen molar-refractivity contribution in [3.63, 3.8) is 0 Å². The average Bonchev–Trinajstić information content (AvgIpc) is 3.51. The Hall–Kier alpha value is -2.71. The van der Waals surface area contributed by atoms with Gasteiger partial charge >= 0.3 is 0 Å². The summed E-state index contributed by atoms with van der Waals surface area (Å²) in [6, 6.07) is 9.18. The zero-order valence-corrected chi connectivity index (χ0v) is 18.1. The van der Waals surface area contributed by atoms with Crippen molar-refractivity contribution in [2.45, 2.75) is 30.4 Å². The summed E-state index contributed by atoms with van der Waals surface area (Å²) < 4.78 is 44.4. The Morgan fingerprint density at radius 1 is 1.26 bits per heavy atom. The van der Waals surface area contributed by atoms with Crippen LogP contribution in [0.3, 0.4) is 0 Å². The van der Waals surface area contributed by atoms with Gasteiger partial charge in [-0.05, 0) is 72.7 Å². The van der Waals surface area contributed by atoms with Gasteiger partial charge in [0.2, 0.25) is 0 Å². The van der Waals surface area contributed by atoms with Gasteiger partial charge < -0.3 is 14.8 Å². The number of sulfone groups is 1. The van der Waals surface area contributed by atoms with Crippen LogP contribution in [0.25, 0.3) is 22.3 Å². The zero-order chi connectivity index (χ0) is 22.3. The number of nitrogens with one attached hydrogen (secondary N) is 1. The Kier molecular flexibility index (Phi) is 5.61. The quantitative estimate of drug-likeness (QED) is 0.574. The molecule has 1 amide bonds. The van der Waals surface area contributed by atoms with Crippen LogP contribution in [0.2, 0.25) is 0 Å². The topological polar surface area (TPSA) is 96.6 Å². The van der Waals surface area contributed by atoms with Crippen LogP contribution < -0.4 is 5.32 Å². The molecule has 1 heterocycles. The molecule has 8 heteroatoms. The third-order valence-electron chi connectivity index (χ3n) is 5.73. The van der Waals surface area contributed by atoms with Crippen LogP contribution in [-0.2, 0) is 9.84 Å². The van der Waals surface area contributed by atoms with E-state index in [-0.39, 0.29) is 24.9 Å². The van der Waals surface area contributed by atoms with E-state index >= 15 is 0 Å². The van der Waals surface area contributed by atoms with E-state index in [2.05, 4.69) is 5.32 Å². The first-order chi connectivity index (χ1) is 14.7. The normalized spacial score (nSPS) is 15.2. The monoisotopic (exact) mass is 445 g/mol. The molecule has 1 aromatic heterocycles. The van der Waals surface area contributed by atoms with E-state index in [0.717, 1.165) is 24.7 Å². The first kappa shape index (κ1) is 21.5. The number of amides is 1. The molecule has 0 spiro atoms. The van der Waals surface area contributed by atoms with Crippen LogP contribution in [0.1, 0.15) is 51.9 Å². The molecule has 2 aromatic carbocycles. The highest BCUT2D eigenvalue weighted by atomic mass is 32.2. The molecule has 0 bridgehead atoms. The highest BCUT2D eigenvalue weighted by Crippen LogP contribution is 2.47. The minimum absolute atomic E-state index is 0.0812. The summed E-state index contributed by atoms with van der Waals surface area (Å²) in [5, 5.41) is 11.8. The fraction of sp³-hybridized carbons (Fsp3) is 0.348. The first-order valence-corrected chi connectivity index (χ1v) is 12.1. The summed E-state index contributed by atoms with van der Waals surface area (Å²) in [5.74, 6) is -0.238. The van der Waals surface area contributed by atoms with Gasteiger partial charge in [-0.15, -0.1) is 0 Å². The summed E-state index contributed by atoms with van der Waals surface area (Å²) >= 11 is 0. The van der Waals surface area contributed by atoms with Crippen molar-refractivity contribution in [1.82, 2.24) is 5.32 Å². The lowest BCUT2D eigenvalue weighted by atomic mass is 9.95. The second-order valence-corrected chi connectivity index (χ2v) is 10.2. The number of hydrogen-bond acceptors (Lipinski definition) is 5. The van der Waals surface area contributed by atoms with E-state index in [9.17, 15) is 22.7 Å². The molecule has 4 rings (SSSR count). The number of furan rings is 1. The zero-order valence-electron chi connectivity index (χ0n) is 17.3. The number of aliphatic hydroxyl groups is 1. The Morgan fingerprint density at radius 3 is 2.48 bits per heavy atom. The number of hydrogen-bond donors (Lipinski definition) is 2. The van der Waals surface area contributed by atoms with Crippen molar-refractivity contribution in [3.8, 4) is 11.3 Å². The number of halogens is 1. The Morgan fingerprint density at radius 2 is 1.94 bits per heavy atom. The summed E-state index contributed by atoms with van der Waals surface area (Å²) in [6.07, 6.45) is 3.12. The number of fused-ring (bicyclic) bond motifs is 1. The van der Waals surface area contributed by atoms with Gasteiger partial charge in [-0.3, -0.25) is 4.79 Å². The van der Waals surface area contributed by atoms with Gasteiger partial charge in [0.15, 0.2) is 9.84 Å². The van der Waals surface area contributed by atoms with E-state index < -0.39 is 20.9 Å². The standard InChI is InChI=1S/C23H24FNO5S/c1-25-23(27)21-18-11-16(13-3-4-13)17(20(9-10-26)31(2,28)29)12-19(18)30-22(21)14-5-7-15(24)8-6-14/h5-8,11-13,20,26H,3-4,9-10H2,1-2H3,(H,25,27)/t20-/m1/s1. The van der Waals surface area contributed by atoms with E-state index in [4.69, 9.17) is 4.42 Å². The maximum Gasteiger partial charge on any atom is 0.255 e. The molecule has 1 aliphatic rings. The molecule has 0 unspecified atom stereocenters. The molecule has 164 valence electrons. The summed E-state index contributed by atoms with van der Waals surface area (Å²) in [6.45, 7) is -0.262. The lowest BCUT2D eigenvalue weighted by molar-refractivity contribution is 0.0964. The minimum atomic E-state index is -3.48. The van der Waals surface area contributed by atoms with Crippen molar-refractivity contribution in [1.29, 1.82) is 0 Å². The van der Waals surface area contributed by atoms with Gasteiger partial charge in [-0.25, -0.2) is 12.8 Å². The maximum absolute atomic E-state index is 13.4. The maximum atomic E-state index is 13.4. The summed E-state index contributed by atoms with van der Waals surface area (Å²) in [4.78, 5) is 12.8. The molecule has 1 fully saturated rings. The molecule has 6 nitrogen and oxygen atoms in total. The van der Waals surface area contributed by atoms with E-state index in [1.807, 2.05) is 6.07 Å². The predicted molar refractivity (Wildman–Crippen MR) is 116 cm³/mol. The number of benzene rings is 2. The fourth-order valence-corrected chi connectivity index (χ4v) is 5.27. The minimum Gasteiger partial charge on any atom is -0.455 e. The molecule has 0 saturated heterocycles. The van der Waals surface area contributed by atoms with E-state index in [1.54, 1.807) is 6.07 Å². The van der Waals surface area contributed by atoms with Crippen molar-refractivity contribution in [3.05, 3.63) is 58.9 Å². The molecule has 0 radical (unpaired) electrons. The van der Waals surface area contributed by atoms with E-state index in [1.165, 1.54) is 31.3 Å². The fourth-order valence-electron chi connectivity index (χ4n) is 4.07. The predicted octanol–water partition coefficient (Wildman–Crippen LogP) is 3.94. The van der Waals surface area contributed by atoms with Crippen molar-refractivity contribution < 1.29 is 27.1 Å². The molecule has 0 aliphatic heterocycles. The lowest BCUT2D eigenvalue weighted by Crippen LogP contribution is -2.18. The van der Waals surface area contributed by atoms with Gasteiger partial charge in [0, 0.05) is 30.9 Å². The molecule has 1 aliphatic carbocycles. The number of rotatable bonds is 7. The largest absolute Gasteiger partial charge is 0.455 e. The molecule has 1 atom stereocenters. The molecule has 3 aromatic rings. The van der Waals surface area contributed by atoms with Crippen LogP contribution in [-0.4, -0.2) is 39.3 Å². The van der Waals surface area contributed by atoms with Crippen molar-refractivity contribution in [2.24, 2.45) is 0 Å². The van der Waals surface area contributed by atoms with E-state index in [0.29, 0.717) is 33.4 Å². The van der Waals surface area contributed by atoms with Crippen molar-refractivity contribution in [2.75, 3.05) is 19.9 Å². The smallest absolute Gasteiger partial charge is 0.255 e. The van der Waals surface area contributed by atoms with Crippen LogP contribution in [0.15, 0.2) is 40.8 Å². The highest BCUT2D eigenvalue weighted by molar-refractivity contribution is 7.90. The van der Waals surface area contributed by atoms with Crippen LogP contribution in [0.5, 0.6) is 0 Å². The van der Waals surface area contributed by atoms with Gasteiger partial charge in [0.05, 0.1) is 10.8 Å². The van der Waals surface area contributed by atoms with Gasteiger partial charge in [0.1, 0.15) is 17.2 Å². The molecular formula is C23H24FNO5S. The second kappa shape index (κ2) is 8.09. The van der Waals surface area contributed by atoms with Gasteiger partial charge in [0.25, 0.3) is 5.91 Å². The lowest BCUT2D eigenvalue weighted by Gasteiger charge is -2.18. The van der Waals surface area contributed by atoms with Crippen molar-refractivity contribution >= 4 is 26.7 Å². The highest BCUT2D eigenvalue weighted by Gasteiger charge is 2.34. The third kappa shape index (κ3) is 4.09. The number of carbonyl (C=O) groups excluding carboxylic acids is 1. The second-order valence-electron chi connectivity index (χ2n) is 7.97. The summed E-state index contributed by atoms with van der Waals surface area (Å²) in [5.41, 5.74) is 2.72. The van der Waals surface area contributed by atoms with Gasteiger partial charge in [-0.1, -0.05) is 0 Å². The Balaban J connectivity index is 2.00. The molecular weight excluding hydrogens is 421 g/mol. The molecule has 2 N–H and O–H groups in total. The SMILES string of the molecule is CNC(=O)c1c(-c2ccc(F)cc2)oc2cc([C@@H](CCO)S(C)(=O)=O)c(C3CC3)cc12. The van der Waals surface area contributed by atoms with Crippen LogP contribution in [0, 0.1) is 5.82 Å². The Labute approximate surface area is 180 Å². The average molecular weight is 446 g/mol. The van der Waals surface area contributed by atoms with Crippen LogP contribution >= 0.6 is 0 Å². The first-order valence-electron chi connectivity index (χ1n) is 10.1. The van der Waals surface area contributed by atoms with Crippen LogP contribution in [0.4, 0.5) is 4.39 Å². The number of carbonyl (C=O) groups is 1.